The molecule has 1 N–H and O–H groups in total. The first-order chi connectivity index (χ1) is 15.6. The van der Waals surface area contributed by atoms with Crippen molar-refractivity contribution in [3.05, 3.63) is 88.6 Å². The van der Waals surface area contributed by atoms with Gasteiger partial charge in [0.2, 0.25) is 0 Å². The van der Waals surface area contributed by atoms with Gasteiger partial charge in [0.15, 0.2) is 0 Å². The number of hydrogen-bond donors (Lipinski definition) is 1. The number of rotatable bonds is 7. The third-order valence-corrected chi connectivity index (χ3v) is 5.72. The molecule has 0 radical (unpaired) electrons. The number of carbonyl (C=O) groups is 1. The summed E-state index contributed by atoms with van der Waals surface area (Å²) in [5.41, 5.74) is 2.55. The number of nitrogens with one attached hydrogen (secondary N) is 1. The molecule has 4 rings (SSSR count). The maximum absolute atomic E-state index is 12.7. The normalized spacial score (nSPS) is 14.2. The zero-order chi connectivity index (χ0) is 22.3. The molecule has 32 heavy (non-hydrogen) atoms. The highest BCUT2D eigenvalue weighted by Crippen LogP contribution is 2.18. The first kappa shape index (κ1) is 22.1. The molecule has 6 nitrogen and oxygen atoms in total. The van der Waals surface area contributed by atoms with Crippen LogP contribution in [0.25, 0.3) is 0 Å². The maximum atomic E-state index is 12.7. The number of likely N-dealkylation sites (N-methyl/N-ethyl adjacent to an activating group) is 1. The highest BCUT2D eigenvalue weighted by atomic mass is 35.5. The van der Waals surface area contributed by atoms with Gasteiger partial charge in [0.1, 0.15) is 18.2 Å². The number of amides is 1. The predicted molar refractivity (Wildman–Crippen MR) is 127 cm³/mol. The smallest absolute Gasteiger partial charge is 0.251 e. The van der Waals surface area contributed by atoms with Crippen LogP contribution in [0.2, 0.25) is 5.02 Å². The lowest BCUT2D eigenvalue weighted by Crippen LogP contribution is -2.44. The molecule has 1 amide bonds. The van der Waals surface area contributed by atoms with Crippen LogP contribution in [0.3, 0.4) is 0 Å². The Labute approximate surface area is 193 Å². The molecule has 0 spiro atoms. The lowest BCUT2D eigenvalue weighted by atomic mass is 10.2. The Balaban J connectivity index is 1.33. The van der Waals surface area contributed by atoms with E-state index in [0.29, 0.717) is 29.5 Å². The van der Waals surface area contributed by atoms with Crippen molar-refractivity contribution < 1.29 is 9.53 Å². The minimum absolute atomic E-state index is 0.142. The van der Waals surface area contributed by atoms with Gasteiger partial charge < -0.3 is 19.9 Å². The number of piperazine rings is 1. The van der Waals surface area contributed by atoms with E-state index >= 15 is 0 Å². The molecular formula is C25H27ClN4O2. The molecule has 166 valence electrons. The van der Waals surface area contributed by atoms with E-state index in [9.17, 15) is 4.79 Å². The zero-order valence-electron chi connectivity index (χ0n) is 18.1. The fourth-order valence-electron chi connectivity index (χ4n) is 3.58. The summed E-state index contributed by atoms with van der Waals surface area (Å²) in [6, 6.07) is 18.7. The van der Waals surface area contributed by atoms with Gasteiger partial charge in [0.05, 0.1) is 0 Å². The van der Waals surface area contributed by atoms with E-state index in [4.69, 9.17) is 16.3 Å². The average Bonchev–Trinajstić information content (AvgIpc) is 2.82. The molecular weight excluding hydrogens is 424 g/mol. The van der Waals surface area contributed by atoms with Gasteiger partial charge in [0.25, 0.3) is 5.91 Å². The van der Waals surface area contributed by atoms with Gasteiger partial charge in [-0.15, -0.1) is 0 Å². The summed E-state index contributed by atoms with van der Waals surface area (Å²) in [5.74, 6) is 1.45. The second kappa shape index (κ2) is 10.5. The van der Waals surface area contributed by atoms with Crippen molar-refractivity contribution >= 4 is 23.3 Å². The first-order valence-electron chi connectivity index (χ1n) is 10.7. The molecule has 1 aromatic heterocycles. The summed E-state index contributed by atoms with van der Waals surface area (Å²) < 4.78 is 5.84. The van der Waals surface area contributed by atoms with Crippen LogP contribution >= 0.6 is 11.6 Å². The van der Waals surface area contributed by atoms with E-state index in [1.54, 1.807) is 18.3 Å². The number of anilines is 1. The van der Waals surface area contributed by atoms with E-state index in [2.05, 4.69) is 33.2 Å². The van der Waals surface area contributed by atoms with Gasteiger partial charge in [-0.05, 0) is 60.6 Å². The maximum Gasteiger partial charge on any atom is 0.251 e. The van der Waals surface area contributed by atoms with Crippen molar-refractivity contribution in [3.63, 3.8) is 0 Å². The number of carbonyl (C=O) groups excluding carboxylic acids is 1. The fraction of sp³-hybridized carbons (Fsp3) is 0.280. The van der Waals surface area contributed by atoms with Crippen LogP contribution in [0, 0.1) is 0 Å². The molecule has 2 heterocycles. The molecule has 1 aliphatic rings. The lowest BCUT2D eigenvalue weighted by Gasteiger charge is -2.33. The molecule has 0 atom stereocenters. The van der Waals surface area contributed by atoms with Gasteiger partial charge >= 0.3 is 0 Å². The minimum atomic E-state index is -0.142. The van der Waals surface area contributed by atoms with Gasteiger partial charge in [-0.3, -0.25) is 4.79 Å². The van der Waals surface area contributed by atoms with Crippen LogP contribution in [0.4, 0.5) is 5.82 Å². The number of ether oxygens (including phenoxy) is 1. The van der Waals surface area contributed by atoms with Crippen molar-refractivity contribution in [1.29, 1.82) is 0 Å². The summed E-state index contributed by atoms with van der Waals surface area (Å²) in [6.45, 7) is 4.80. The Morgan fingerprint density at radius 3 is 2.66 bits per heavy atom. The second-order valence-electron chi connectivity index (χ2n) is 7.94. The van der Waals surface area contributed by atoms with Crippen LogP contribution in [-0.2, 0) is 13.2 Å². The fourth-order valence-corrected chi connectivity index (χ4v) is 3.80. The van der Waals surface area contributed by atoms with Crippen molar-refractivity contribution in [2.45, 2.75) is 13.2 Å². The monoisotopic (exact) mass is 450 g/mol. The first-order valence-corrected chi connectivity index (χ1v) is 11.1. The predicted octanol–water partition coefficient (Wildman–Crippen LogP) is 4.00. The summed E-state index contributed by atoms with van der Waals surface area (Å²) >= 11 is 6.02. The van der Waals surface area contributed by atoms with Crippen LogP contribution in [0.1, 0.15) is 21.5 Å². The molecule has 0 aliphatic carbocycles. The van der Waals surface area contributed by atoms with Crippen LogP contribution in [0.15, 0.2) is 66.9 Å². The van der Waals surface area contributed by atoms with Crippen LogP contribution in [-0.4, -0.2) is 49.0 Å². The number of nitrogens with zero attached hydrogens (tertiary/aromatic N) is 3. The molecule has 0 saturated carbocycles. The van der Waals surface area contributed by atoms with Crippen LogP contribution in [0.5, 0.6) is 5.75 Å². The van der Waals surface area contributed by atoms with Gasteiger partial charge in [-0.1, -0.05) is 29.8 Å². The third kappa shape index (κ3) is 5.99. The van der Waals surface area contributed by atoms with Gasteiger partial charge in [-0.25, -0.2) is 4.98 Å². The quantitative estimate of drug-likeness (QED) is 0.589. The summed E-state index contributed by atoms with van der Waals surface area (Å²) in [5, 5.41) is 3.67. The Morgan fingerprint density at radius 2 is 1.84 bits per heavy atom. The van der Waals surface area contributed by atoms with Crippen LogP contribution < -0.4 is 15.0 Å². The van der Waals surface area contributed by atoms with Crippen molar-refractivity contribution in [3.8, 4) is 5.75 Å². The molecule has 0 unspecified atom stereocenters. The summed E-state index contributed by atoms with van der Waals surface area (Å²) in [6.07, 6.45) is 1.81. The van der Waals surface area contributed by atoms with E-state index in [1.165, 1.54) is 0 Å². The number of benzene rings is 2. The molecule has 1 aliphatic heterocycles. The van der Waals surface area contributed by atoms with Crippen molar-refractivity contribution in [2.24, 2.45) is 0 Å². The highest BCUT2D eigenvalue weighted by Gasteiger charge is 2.15. The molecule has 3 aromatic rings. The average molecular weight is 451 g/mol. The third-order valence-electron chi connectivity index (χ3n) is 5.48. The number of halogens is 1. The second-order valence-corrected chi connectivity index (χ2v) is 8.38. The van der Waals surface area contributed by atoms with Crippen molar-refractivity contribution in [1.82, 2.24) is 15.2 Å². The molecule has 0 bridgehead atoms. The number of hydrogen-bond acceptors (Lipinski definition) is 5. The highest BCUT2D eigenvalue weighted by molar-refractivity contribution is 6.30. The van der Waals surface area contributed by atoms with E-state index in [-0.39, 0.29) is 5.91 Å². The zero-order valence-corrected chi connectivity index (χ0v) is 18.9. The summed E-state index contributed by atoms with van der Waals surface area (Å²) in [7, 11) is 2.13. The van der Waals surface area contributed by atoms with Gasteiger partial charge in [-0.2, -0.15) is 0 Å². The Hall–Kier alpha value is -3.09. The van der Waals surface area contributed by atoms with Gasteiger partial charge in [0, 0.05) is 49.5 Å². The minimum Gasteiger partial charge on any atom is -0.489 e. The Bertz CT molecular complexity index is 1070. The molecule has 2 aromatic carbocycles. The Morgan fingerprint density at radius 1 is 1.03 bits per heavy atom. The summed E-state index contributed by atoms with van der Waals surface area (Å²) in [4.78, 5) is 21.8. The topological polar surface area (TPSA) is 57.7 Å². The van der Waals surface area contributed by atoms with E-state index in [0.717, 1.165) is 43.1 Å². The molecule has 7 heteroatoms. The SMILES string of the molecule is CN1CCN(c2cc(CNC(=O)c3cccc(OCc4cccc(Cl)c4)c3)ccn2)CC1. The number of pyridine rings is 1. The lowest BCUT2D eigenvalue weighted by molar-refractivity contribution is 0.0950. The Kier molecular flexibility index (Phi) is 7.24. The largest absolute Gasteiger partial charge is 0.489 e. The van der Waals surface area contributed by atoms with Crippen molar-refractivity contribution in [2.75, 3.05) is 38.1 Å². The molecule has 1 fully saturated rings. The molecule has 1 saturated heterocycles. The van der Waals surface area contributed by atoms with E-state index < -0.39 is 0 Å². The van der Waals surface area contributed by atoms with E-state index in [1.807, 2.05) is 42.5 Å². The standard InChI is InChI=1S/C25H27ClN4O2/c1-29-10-12-30(13-11-29)24-15-19(8-9-27-24)17-28-25(31)21-5-3-7-23(16-21)32-18-20-4-2-6-22(26)14-20/h2-9,14-16H,10-13,17-18H2,1H3,(H,28,31). The number of aromatic nitrogens is 1.